The van der Waals surface area contributed by atoms with E-state index >= 15 is 0 Å². The molecule has 0 heterocycles. The molecule has 0 saturated heterocycles. The first-order valence-electron chi connectivity index (χ1n) is 8.51. The summed E-state index contributed by atoms with van der Waals surface area (Å²) in [5.74, 6) is 0.571. The van der Waals surface area contributed by atoms with Crippen molar-refractivity contribution in [2.45, 2.75) is 31.6 Å². The van der Waals surface area contributed by atoms with E-state index in [0.717, 1.165) is 5.56 Å². The number of methoxy groups -OCH3 is 1. The molecule has 0 spiro atoms. The van der Waals surface area contributed by atoms with Gasteiger partial charge in [0.15, 0.2) is 11.5 Å². The Balaban J connectivity index is 2.09. The molecule has 0 aliphatic heterocycles. The molecule has 0 aromatic heterocycles. The number of carbonyl (C=O) groups is 1. The topological polar surface area (TPSA) is 93.7 Å². The van der Waals surface area contributed by atoms with Gasteiger partial charge in [-0.2, -0.15) is 0 Å². The van der Waals surface area contributed by atoms with Crippen molar-refractivity contribution < 1.29 is 22.7 Å². The third-order valence-electron chi connectivity index (χ3n) is 3.88. The van der Waals surface area contributed by atoms with Crippen LogP contribution in [0.1, 0.15) is 42.6 Å². The lowest BCUT2D eigenvalue weighted by Crippen LogP contribution is -2.41. The highest BCUT2D eigenvalue weighted by molar-refractivity contribution is 7.89. The molecule has 0 radical (unpaired) electrons. The number of sulfonamides is 1. The SMILES string of the molecule is CCOc1ccc(C(=O)NNS(=O)(=O)c2ccc(C(C)C)cc2)cc1OC. The zero-order valence-electron chi connectivity index (χ0n) is 15.8. The molecule has 27 heavy (non-hydrogen) atoms. The predicted molar refractivity (Wildman–Crippen MR) is 102 cm³/mol. The maximum atomic E-state index is 12.3. The molecular formula is C19H24N2O5S. The number of nitrogens with one attached hydrogen (secondary N) is 2. The monoisotopic (exact) mass is 392 g/mol. The number of rotatable bonds is 8. The zero-order chi connectivity index (χ0) is 20.0. The maximum absolute atomic E-state index is 12.3. The molecule has 2 rings (SSSR count). The van der Waals surface area contributed by atoms with Gasteiger partial charge in [-0.15, -0.1) is 4.83 Å². The number of hydrogen-bond acceptors (Lipinski definition) is 5. The molecule has 0 bridgehead atoms. The second kappa shape index (κ2) is 8.88. The van der Waals surface area contributed by atoms with Crippen molar-refractivity contribution in [3.8, 4) is 11.5 Å². The highest BCUT2D eigenvalue weighted by Crippen LogP contribution is 2.28. The van der Waals surface area contributed by atoms with Gasteiger partial charge in [0.05, 0.1) is 18.6 Å². The molecule has 0 fully saturated rings. The van der Waals surface area contributed by atoms with Crippen molar-refractivity contribution in [2.24, 2.45) is 0 Å². The third-order valence-corrected chi connectivity index (χ3v) is 5.15. The van der Waals surface area contributed by atoms with Gasteiger partial charge in [-0.05, 0) is 48.7 Å². The maximum Gasteiger partial charge on any atom is 0.266 e. The molecule has 146 valence electrons. The average Bonchev–Trinajstić information content (AvgIpc) is 2.66. The Morgan fingerprint density at radius 3 is 2.30 bits per heavy atom. The molecule has 2 aromatic carbocycles. The van der Waals surface area contributed by atoms with E-state index in [0.29, 0.717) is 24.0 Å². The van der Waals surface area contributed by atoms with E-state index in [-0.39, 0.29) is 10.5 Å². The molecule has 2 aromatic rings. The standard InChI is InChI=1S/C19H24N2O5S/c1-5-26-17-11-8-15(12-18(17)25-4)19(22)20-21-27(23,24)16-9-6-14(7-10-16)13(2)3/h6-13,21H,5H2,1-4H3,(H,20,22). The number of benzene rings is 2. The molecular weight excluding hydrogens is 368 g/mol. The Labute approximate surface area is 159 Å². The largest absolute Gasteiger partial charge is 0.493 e. The number of ether oxygens (including phenoxy) is 2. The summed E-state index contributed by atoms with van der Waals surface area (Å²) in [5.41, 5.74) is 3.46. The smallest absolute Gasteiger partial charge is 0.266 e. The number of carbonyl (C=O) groups excluding carboxylic acids is 1. The van der Waals surface area contributed by atoms with Crippen LogP contribution in [0.2, 0.25) is 0 Å². The quantitative estimate of drug-likeness (QED) is 0.674. The average molecular weight is 392 g/mol. The third kappa shape index (κ3) is 5.21. The minimum atomic E-state index is -3.88. The van der Waals surface area contributed by atoms with Crippen LogP contribution in [-0.2, 0) is 10.0 Å². The lowest BCUT2D eigenvalue weighted by molar-refractivity contribution is 0.0944. The normalized spacial score (nSPS) is 11.3. The minimum absolute atomic E-state index is 0.0662. The molecule has 1 amide bonds. The Morgan fingerprint density at radius 2 is 1.74 bits per heavy atom. The van der Waals surface area contributed by atoms with E-state index in [4.69, 9.17) is 9.47 Å². The highest BCUT2D eigenvalue weighted by atomic mass is 32.2. The minimum Gasteiger partial charge on any atom is -0.493 e. The van der Waals surface area contributed by atoms with E-state index in [1.807, 2.05) is 20.8 Å². The first-order valence-corrected chi connectivity index (χ1v) is 9.99. The van der Waals surface area contributed by atoms with Crippen molar-refractivity contribution in [3.05, 3.63) is 53.6 Å². The summed E-state index contributed by atoms with van der Waals surface area (Å²) in [6.45, 7) is 6.33. The first-order chi connectivity index (χ1) is 12.8. The highest BCUT2D eigenvalue weighted by Gasteiger charge is 2.17. The molecule has 2 N–H and O–H groups in total. The van der Waals surface area contributed by atoms with Crippen LogP contribution in [0.25, 0.3) is 0 Å². The molecule has 0 unspecified atom stereocenters. The van der Waals surface area contributed by atoms with Gasteiger partial charge in [0.2, 0.25) is 0 Å². The summed E-state index contributed by atoms with van der Waals surface area (Å²) < 4.78 is 35.3. The fourth-order valence-corrected chi connectivity index (χ4v) is 3.20. The zero-order valence-corrected chi connectivity index (χ0v) is 16.6. The fourth-order valence-electron chi connectivity index (χ4n) is 2.36. The van der Waals surface area contributed by atoms with Crippen molar-refractivity contribution >= 4 is 15.9 Å². The Morgan fingerprint density at radius 1 is 1.07 bits per heavy atom. The second-order valence-electron chi connectivity index (χ2n) is 6.08. The van der Waals surface area contributed by atoms with Crippen molar-refractivity contribution in [1.82, 2.24) is 10.3 Å². The van der Waals surface area contributed by atoms with Crippen molar-refractivity contribution in [1.29, 1.82) is 0 Å². The number of amides is 1. The summed E-state index contributed by atoms with van der Waals surface area (Å²) in [4.78, 5) is 14.4. The summed E-state index contributed by atoms with van der Waals surface area (Å²) in [5, 5.41) is 0. The first kappa shape index (κ1) is 20.7. The summed E-state index contributed by atoms with van der Waals surface area (Å²) in [7, 11) is -2.41. The number of hydrazine groups is 1. The molecule has 0 saturated carbocycles. The lowest BCUT2D eigenvalue weighted by Gasteiger charge is -2.12. The Kier molecular flexibility index (Phi) is 6.81. The predicted octanol–water partition coefficient (Wildman–Crippen LogP) is 2.84. The summed E-state index contributed by atoms with van der Waals surface area (Å²) in [6.07, 6.45) is 0. The van der Waals surface area contributed by atoms with Gasteiger partial charge in [0.1, 0.15) is 0 Å². The van der Waals surface area contributed by atoms with E-state index in [2.05, 4.69) is 10.3 Å². The van der Waals surface area contributed by atoms with E-state index < -0.39 is 15.9 Å². The van der Waals surface area contributed by atoms with Gasteiger partial charge in [0, 0.05) is 5.56 Å². The van der Waals surface area contributed by atoms with E-state index in [1.165, 1.54) is 31.4 Å². The van der Waals surface area contributed by atoms with Crippen molar-refractivity contribution in [3.63, 3.8) is 0 Å². The van der Waals surface area contributed by atoms with Gasteiger partial charge in [0.25, 0.3) is 15.9 Å². The Hall–Kier alpha value is -2.58. The second-order valence-corrected chi connectivity index (χ2v) is 7.76. The van der Waals surface area contributed by atoms with Crippen LogP contribution in [0.4, 0.5) is 0 Å². The van der Waals surface area contributed by atoms with Gasteiger partial charge in [-0.1, -0.05) is 26.0 Å². The molecule has 7 nitrogen and oxygen atoms in total. The molecule has 8 heteroatoms. The van der Waals surface area contributed by atoms with Crippen LogP contribution in [-0.4, -0.2) is 28.0 Å². The van der Waals surface area contributed by atoms with Gasteiger partial charge >= 0.3 is 0 Å². The van der Waals surface area contributed by atoms with Crippen molar-refractivity contribution in [2.75, 3.05) is 13.7 Å². The van der Waals surface area contributed by atoms with E-state index in [9.17, 15) is 13.2 Å². The molecule has 0 aliphatic carbocycles. The molecule has 0 atom stereocenters. The van der Waals surface area contributed by atoms with E-state index in [1.54, 1.807) is 18.2 Å². The van der Waals surface area contributed by atoms with Crippen LogP contribution in [0.5, 0.6) is 11.5 Å². The summed E-state index contributed by atoms with van der Waals surface area (Å²) >= 11 is 0. The summed E-state index contributed by atoms with van der Waals surface area (Å²) in [6, 6.07) is 11.1. The fraction of sp³-hybridized carbons (Fsp3) is 0.316. The van der Waals surface area contributed by atoms with Crippen LogP contribution in [0, 0.1) is 0 Å². The van der Waals surface area contributed by atoms with Crippen LogP contribution in [0.15, 0.2) is 47.4 Å². The van der Waals surface area contributed by atoms with Gasteiger partial charge < -0.3 is 9.47 Å². The number of hydrogen-bond donors (Lipinski definition) is 2. The van der Waals surface area contributed by atoms with Crippen LogP contribution in [0.3, 0.4) is 0 Å². The Bertz CT molecular complexity index is 893. The van der Waals surface area contributed by atoms with Crippen LogP contribution < -0.4 is 19.7 Å². The van der Waals surface area contributed by atoms with Gasteiger partial charge in [-0.25, -0.2) is 8.42 Å². The van der Waals surface area contributed by atoms with Gasteiger partial charge in [-0.3, -0.25) is 10.2 Å². The van der Waals surface area contributed by atoms with Crippen LogP contribution >= 0.6 is 0 Å². The molecule has 0 aliphatic rings. The lowest BCUT2D eigenvalue weighted by atomic mass is 10.0.